The van der Waals surface area contributed by atoms with Crippen molar-refractivity contribution in [1.29, 1.82) is 0 Å². The van der Waals surface area contributed by atoms with Crippen molar-refractivity contribution >= 4 is 0 Å². The molecule has 0 heteroatoms. The second-order valence-electron chi connectivity index (χ2n) is 1.40. The molecule has 0 unspecified atom stereocenters. The minimum atomic E-state index is 1.25. The molecule has 0 aliphatic carbocycles. The summed E-state index contributed by atoms with van der Waals surface area (Å²) in [5.41, 5.74) is 0. The van der Waals surface area contributed by atoms with Crippen molar-refractivity contribution in [3.05, 3.63) is 12.7 Å². The van der Waals surface area contributed by atoms with Crippen LogP contribution in [0.2, 0.25) is 0 Å². The third-order valence-electron chi connectivity index (χ3n) is 0. The van der Waals surface area contributed by atoms with E-state index in [1.165, 1.54) is 6.42 Å². The predicted octanol–water partition coefficient (Wildman–Crippen LogP) is 3.25. The van der Waals surface area contributed by atoms with Gasteiger partial charge >= 0.3 is 0 Å². The third-order valence-corrected chi connectivity index (χ3v) is 0. The van der Waals surface area contributed by atoms with Crippen LogP contribution in [0.4, 0.5) is 0 Å². The first-order chi connectivity index (χ1) is 4.24. The van der Waals surface area contributed by atoms with Crippen LogP contribution in [-0.4, -0.2) is 0 Å². The van der Waals surface area contributed by atoms with Gasteiger partial charge in [-0.1, -0.05) is 26.3 Å². The van der Waals surface area contributed by atoms with Gasteiger partial charge in [0.15, 0.2) is 0 Å². The quantitative estimate of drug-likeness (QED) is 0.345. The zero-order valence-electron chi connectivity index (χ0n) is 7.07. The number of hydrogen-bond donors (Lipinski definition) is 0. The lowest BCUT2D eigenvalue weighted by Crippen LogP contribution is -1.27. The van der Waals surface area contributed by atoms with Crippen molar-refractivity contribution in [3.8, 4) is 12.3 Å². The summed E-state index contributed by atoms with van der Waals surface area (Å²) in [4.78, 5) is 0. The van der Waals surface area contributed by atoms with Gasteiger partial charge in [0.1, 0.15) is 0 Å². The van der Waals surface area contributed by atoms with Gasteiger partial charge in [-0.05, 0) is 13.8 Å². The molecule has 0 fully saturated rings. The minimum absolute atomic E-state index is 1.25. The summed E-state index contributed by atoms with van der Waals surface area (Å²) in [5, 5.41) is 0. The maximum atomic E-state index is 4.60. The molecule has 9 heavy (non-hydrogen) atoms. The van der Waals surface area contributed by atoms with Gasteiger partial charge in [-0.25, -0.2) is 0 Å². The smallest absolute Gasteiger partial charge is 0.00297 e. The Kier molecular flexibility index (Phi) is 95.8. The Morgan fingerprint density at radius 2 is 1.56 bits per heavy atom. The molecule has 0 saturated heterocycles. The second-order valence-corrected chi connectivity index (χ2v) is 1.40. The Morgan fingerprint density at radius 3 is 1.56 bits per heavy atom. The van der Waals surface area contributed by atoms with Crippen LogP contribution in [-0.2, 0) is 0 Å². The van der Waals surface area contributed by atoms with Crippen molar-refractivity contribution in [2.75, 3.05) is 0 Å². The average Bonchev–Trinajstić information content (AvgIpc) is 1.70. The first-order valence-corrected chi connectivity index (χ1v) is 3.19. The molecule has 0 heterocycles. The summed E-state index contributed by atoms with van der Waals surface area (Å²) in [6.45, 7) is 11.2. The van der Waals surface area contributed by atoms with Gasteiger partial charge in [-0.2, -0.15) is 0 Å². The standard InChI is InChI=1S/C3H8.C3H6.C3H4/c3*1-3-2/h3H2,1-2H3;3H,1H2,2H3;1H,2H3. The molecular formula is C9H18. The molecule has 0 aliphatic rings. The van der Waals surface area contributed by atoms with Crippen LogP contribution in [0.3, 0.4) is 0 Å². The normalized spacial score (nSPS) is 4.33. The Morgan fingerprint density at radius 1 is 1.56 bits per heavy atom. The second kappa shape index (κ2) is 54.8. The van der Waals surface area contributed by atoms with Crippen LogP contribution in [0.5, 0.6) is 0 Å². The molecular weight excluding hydrogens is 108 g/mol. The summed E-state index contributed by atoms with van der Waals surface area (Å²) < 4.78 is 0. The summed E-state index contributed by atoms with van der Waals surface area (Å²) in [5.74, 6) is 2.25. The molecule has 54 valence electrons. The van der Waals surface area contributed by atoms with E-state index < -0.39 is 0 Å². The zero-order chi connectivity index (χ0) is 8.12. The molecule has 0 nitrogen and oxygen atoms in total. The van der Waals surface area contributed by atoms with Crippen molar-refractivity contribution in [3.63, 3.8) is 0 Å². The lowest BCUT2D eigenvalue weighted by molar-refractivity contribution is 1.09. The minimum Gasteiger partial charge on any atom is -0.120 e. The van der Waals surface area contributed by atoms with E-state index in [9.17, 15) is 0 Å². The topological polar surface area (TPSA) is 0 Å². The van der Waals surface area contributed by atoms with E-state index >= 15 is 0 Å². The van der Waals surface area contributed by atoms with Crippen molar-refractivity contribution in [1.82, 2.24) is 0 Å². The van der Waals surface area contributed by atoms with E-state index in [-0.39, 0.29) is 0 Å². The largest absolute Gasteiger partial charge is 0.120 e. The van der Waals surface area contributed by atoms with E-state index in [0.29, 0.717) is 0 Å². The monoisotopic (exact) mass is 126 g/mol. The highest BCUT2D eigenvalue weighted by molar-refractivity contribution is 4.73. The summed E-state index contributed by atoms with van der Waals surface area (Å²) >= 11 is 0. The SMILES string of the molecule is C#CC.C=CC.CCC. The van der Waals surface area contributed by atoms with Crippen LogP contribution in [0.25, 0.3) is 0 Å². The van der Waals surface area contributed by atoms with E-state index in [1.807, 2.05) is 6.92 Å². The summed E-state index contributed by atoms with van der Waals surface area (Å²) in [6, 6.07) is 0. The lowest BCUT2D eigenvalue weighted by Gasteiger charge is -1.48. The molecule has 0 radical (unpaired) electrons. The molecule has 0 aromatic carbocycles. The van der Waals surface area contributed by atoms with Gasteiger partial charge in [0.25, 0.3) is 0 Å². The average molecular weight is 126 g/mol. The van der Waals surface area contributed by atoms with E-state index in [4.69, 9.17) is 0 Å². The molecule has 0 atom stereocenters. The number of terminal acetylenes is 1. The zero-order valence-corrected chi connectivity index (χ0v) is 7.07. The molecule has 0 saturated carbocycles. The molecule has 0 spiro atoms. The fraction of sp³-hybridized carbons (Fsp3) is 0.556. The van der Waals surface area contributed by atoms with Gasteiger partial charge in [0, 0.05) is 0 Å². The maximum absolute atomic E-state index is 4.60. The third kappa shape index (κ3) is 418. The molecule has 0 amide bonds. The fourth-order valence-corrected chi connectivity index (χ4v) is 0. The summed E-state index contributed by atoms with van der Waals surface area (Å²) in [7, 11) is 0. The van der Waals surface area contributed by atoms with Gasteiger partial charge < -0.3 is 0 Å². The molecule has 0 rings (SSSR count). The Labute approximate surface area is 60.0 Å². The highest BCUT2D eigenvalue weighted by Gasteiger charge is 1.35. The Balaban J connectivity index is -0.0000000600. The van der Waals surface area contributed by atoms with Crippen LogP contribution in [0.1, 0.15) is 34.1 Å². The number of hydrogen-bond acceptors (Lipinski definition) is 0. The van der Waals surface area contributed by atoms with Crippen LogP contribution >= 0.6 is 0 Å². The fourth-order valence-electron chi connectivity index (χ4n) is 0. The van der Waals surface area contributed by atoms with E-state index in [1.54, 1.807) is 13.0 Å². The molecule has 0 aliphatic heterocycles. The first kappa shape index (κ1) is 15.7. The van der Waals surface area contributed by atoms with Gasteiger partial charge in [-0.15, -0.1) is 18.9 Å². The molecule has 0 aromatic heterocycles. The number of rotatable bonds is 0. The van der Waals surface area contributed by atoms with Crippen molar-refractivity contribution < 1.29 is 0 Å². The molecule has 0 bridgehead atoms. The van der Waals surface area contributed by atoms with Gasteiger partial charge in [0.05, 0.1) is 0 Å². The maximum Gasteiger partial charge on any atom is -0.00297 e. The highest BCUT2D eigenvalue weighted by atomic mass is 13.4. The Bertz CT molecular complexity index is 54.9. The summed E-state index contributed by atoms with van der Waals surface area (Å²) in [6.07, 6.45) is 7.60. The van der Waals surface area contributed by atoms with E-state index in [2.05, 4.69) is 32.8 Å². The van der Waals surface area contributed by atoms with Gasteiger partial charge in [-0.3, -0.25) is 0 Å². The van der Waals surface area contributed by atoms with Crippen LogP contribution < -0.4 is 0 Å². The molecule has 0 aromatic rings. The van der Waals surface area contributed by atoms with Crippen molar-refractivity contribution in [2.24, 2.45) is 0 Å². The Hall–Kier alpha value is -0.700. The lowest BCUT2D eigenvalue weighted by atomic mass is 10.6. The van der Waals surface area contributed by atoms with Crippen LogP contribution in [0, 0.1) is 12.3 Å². The number of allylic oxidation sites excluding steroid dienone is 1. The van der Waals surface area contributed by atoms with Crippen LogP contribution in [0.15, 0.2) is 12.7 Å². The molecule has 0 N–H and O–H groups in total. The van der Waals surface area contributed by atoms with Crippen molar-refractivity contribution in [2.45, 2.75) is 34.1 Å². The van der Waals surface area contributed by atoms with E-state index in [0.717, 1.165) is 0 Å². The highest BCUT2D eigenvalue weighted by Crippen LogP contribution is 1.56. The predicted molar refractivity (Wildman–Crippen MR) is 46.3 cm³/mol. The first-order valence-electron chi connectivity index (χ1n) is 3.19. The van der Waals surface area contributed by atoms with Gasteiger partial charge in [0.2, 0.25) is 0 Å².